The molecular weight excluding hydrogens is 464 g/mol. The van der Waals surface area contributed by atoms with Crippen molar-refractivity contribution in [1.82, 2.24) is 20.0 Å². The van der Waals surface area contributed by atoms with Crippen molar-refractivity contribution in [3.63, 3.8) is 0 Å². The second kappa shape index (κ2) is 11.2. The molecule has 2 fully saturated rings. The van der Waals surface area contributed by atoms with Crippen molar-refractivity contribution < 1.29 is 28.6 Å². The fourth-order valence-electron chi connectivity index (χ4n) is 4.87. The van der Waals surface area contributed by atoms with Crippen molar-refractivity contribution in [2.24, 2.45) is 5.92 Å². The summed E-state index contributed by atoms with van der Waals surface area (Å²) in [7, 11) is 3.10. The largest absolute Gasteiger partial charge is 0.493 e. The third-order valence-electron chi connectivity index (χ3n) is 6.97. The number of carbonyl (C=O) groups excluding carboxylic acids is 3. The van der Waals surface area contributed by atoms with Crippen LogP contribution in [0, 0.1) is 5.92 Å². The van der Waals surface area contributed by atoms with E-state index in [0.29, 0.717) is 67.6 Å². The zero-order chi connectivity index (χ0) is 25.8. The van der Waals surface area contributed by atoms with Gasteiger partial charge in [0.2, 0.25) is 5.91 Å². The molecule has 36 heavy (non-hydrogen) atoms. The van der Waals surface area contributed by atoms with Gasteiger partial charge in [-0.3, -0.25) is 14.6 Å². The molecule has 4 rings (SSSR count). The molecule has 2 aliphatic heterocycles. The number of hydrogen-bond acceptors (Lipinski definition) is 7. The average molecular weight is 501 g/mol. The summed E-state index contributed by atoms with van der Waals surface area (Å²) in [6, 6.07) is 4.36. The lowest BCUT2D eigenvalue weighted by Crippen LogP contribution is -2.54. The molecule has 0 aromatic heterocycles. The van der Waals surface area contributed by atoms with E-state index in [2.05, 4.69) is 10.2 Å². The van der Waals surface area contributed by atoms with Crippen LogP contribution in [0.2, 0.25) is 0 Å². The Kier molecular flexibility index (Phi) is 8.03. The molecule has 1 saturated carbocycles. The molecule has 1 saturated heterocycles. The molecule has 0 unspecified atom stereocenters. The molecule has 196 valence electrons. The van der Waals surface area contributed by atoms with Gasteiger partial charge in [-0.05, 0) is 44.4 Å². The summed E-state index contributed by atoms with van der Waals surface area (Å²) in [5.41, 5.74) is 1.72. The molecule has 1 aromatic carbocycles. The minimum atomic E-state index is -0.702. The summed E-state index contributed by atoms with van der Waals surface area (Å²) < 4.78 is 16.3. The maximum absolute atomic E-state index is 13.3. The van der Waals surface area contributed by atoms with E-state index in [0.717, 1.165) is 12.8 Å². The lowest BCUT2D eigenvalue weighted by molar-refractivity contribution is -0.139. The Labute approximate surface area is 212 Å². The Morgan fingerprint density at radius 1 is 1.03 bits per heavy atom. The smallest absolute Gasteiger partial charge is 0.338 e. The number of ether oxygens (including phenoxy) is 3. The highest BCUT2D eigenvalue weighted by Gasteiger charge is 2.39. The predicted octanol–water partition coefficient (Wildman–Crippen LogP) is 2.16. The zero-order valence-corrected chi connectivity index (χ0v) is 21.5. The van der Waals surface area contributed by atoms with Gasteiger partial charge in [0.15, 0.2) is 11.5 Å². The van der Waals surface area contributed by atoms with Crippen LogP contribution in [0.3, 0.4) is 0 Å². The number of rotatable bonds is 9. The fourth-order valence-corrected chi connectivity index (χ4v) is 4.87. The second-order valence-corrected chi connectivity index (χ2v) is 9.20. The maximum Gasteiger partial charge on any atom is 0.338 e. The van der Waals surface area contributed by atoms with Crippen LogP contribution in [0.4, 0.5) is 4.79 Å². The molecule has 1 aromatic rings. The molecule has 0 radical (unpaired) electrons. The number of methoxy groups -OCH3 is 2. The molecule has 3 amide bonds. The number of esters is 1. The Morgan fingerprint density at radius 2 is 1.72 bits per heavy atom. The quantitative estimate of drug-likeness (QED) is 0.519. The van der Waals surface area contributed by atoms with Crippen LogP contribution in [0.5, 0.6) is 11.5 Å². The number of piperazine rings is 1. The number of benzene rings is 1. The number of nitrogens with one attached hydrogen (secondary N) is 1. The van der Waals surface area contributed by atoms with E-state index in [1.807, 2.05) is 17.9 Å². The molecule has 2 heterocycles. The van der Waals surface area contributed by atoms with Gasteiger partial charge in [-0.15, -0.1) is 0 Å². The molecular formula is C26H36N4O6. The van der Waals surface area contributed by atoms with Crippen LogP contribution < -0.4 is 14.8 Å². The number of nitrogens with zero attached hydrogens (tertiary/aromatic N) is 3. The highest BCUT2D eigenvalue weighted by molar-refractivity contribution is 5.95. The Hall–Kier alpha value is -3.27. The monoisotopic (exact) mass is 500 g/mol. The van der Waals surface area contributed by atoms with Gasteiger partial charge >= 0.3 is 12.0 Å². The molecule has 1 N–H and O–H groups in total. The van der Waals surface area contributed by atoms with Crippen LogP contribution in [0.1, 0.15) is 38.3 Å². The van der Waals surface area contributed by atoms with E-state index >= 15 is 0 Å². The normalized spacial score (nSPS) is 20.8. The van der Waals surface area contributed by atoms with Gasteiger partial charge in [-0.25, -0.2) is 9.59 Å². The van der Waals surface area contributed by atoms with Crippen molar-refractivity contribution in [3.05, 3.63) is 35.0 Å². The van der Waals surface area contributed by atoms with Crippen LogP contribution in [0.25, 0.3) is 0 Å². The second-order valence-electron chi connectivity index (χ2n) is 9.20. The van der Waals surface area contributed by atoms with Crippen molar-refractivity contribution in [2.75, 3.05) is 60.1 Å². The Bertz CT molecular complexity index is 1030. The van der Waals surface area contributed by atoms with Gasteiger partial charge < -0.3 is 24.4 Å². The number of urea groups is 1. The summed E-state index contributed by atoms with van der Waals surface area (Å²) in [6.45, 7) is 7.33. The number of amides is 3. The summed E-state index contributed by atoms with van der Waals surface area (Å²) in [5, 5.41) is 2.98. The fraction of sp³-hybridized carbons (Fsp3) is 0.577. The maximum atomic E-state index is 13.3. The van der Waals surface area contributed by atoms with Crippen LogP contribution in [-0.4, -0.2) is 92.7 Å². The van der Waals surface area contributed by atoms with Gasteiger partial charge in [0.05, 0.1) is 32.4 Å². The summed E-state index contributed by atoms with van der Waals surface area (Å²) in [6.07, 6.45) is 1.99. The lowest BCUT2D eigenvalue weighted by Gasteiger charge is -2.40. The summed E-state index contributed by atoms with van der Waals surface area (Å²) >= 11 is 0. The first-order chi connectivity index (χ1) is 17.4. The van der Waals surface area contributed by atoms with E-state index in [-0.39, 0.29) is 24.5 Å². The van der Waals surface area contributed by atoms with Gasteiger partial charge in [0.25, 0.3) is 0 Å². The molecule has 1 aliphatic carbocycles. The van der Waals surface area contributed by atoms with E-state index in [1.165, 1.54) is 0 Å². The topological polar surface area (TPSA) is 101 Å². The Morgan fingerprint density at radius 3 is 2.31 bits per heavy atom. The molecule has 10 heteroatoms. The first-order valence-electron chi connectivity index (χ1n) is 12.6. The number of hydrogen-bond donors (Lipinski definition) is 1. The molecule has 0 bridgehead atoms. The molecule has 10 nitrogen and oxygen atoms in total. The minimum absolute atomic E-state index is 0.203. The van der Waals surface area contributed by atoms with Gasteiger partial charge in [0, 0.05) is 50.9 Å². The SMILES string of the molecule is CCOC(=O)C1=C(CN2CCN(C(=O)C3CC3)CC2)N(CC)C(=O)N[C@@H]1c1ccc(OC)c(OC)c1. The average Bonchev–Trinajstić information content (AvgIpc) is 3.74. The first-order valence-corrected chi connectivity index (χ1v) is 12.6. The van der Waals surface area contributed by atoms with Crippen LogP contribution in [0.15, 0.2) is 29.5 Å². The zero-order valence-electron chi connectivity index (χ0n) is 21.5. The lowest BCUT2D eigenvalue weighted by atomic mass is 9.93. The van der Waals surface area contributed by atoms with E-state index < -0.39 is 12.0 Å². The van der Waals surface area contributed by atoms with Crippen molar-refractivity contribution in [3.8, 4) is 11.5 Å². The van der Waals surface area contributed by atoms with Gasteiger partial charge in [0.1, 0.15) is 0 Å². The van der Waals surface area contributed by atoms with Crippen LogP contribution in [-0.2, 0) is 14.3 Å². The summed E-state index contributed by atoms with van der Waals surface area (Å²) in [4.78, 5) is 44.7. The van der Waals surface area contributed by atoms with Gasteiger partial charge in [-0.2, -0.15) is 0 Å². The third-order valence-corrected chi connectivity index (χ3v) is 6.97. The molecule has 0 spiro atoms. The first kappa shape index (κ1) is 25.8. The van der Waals surface area contributed by atoms with Crippen molar-refractivity contribution >= 4 is 17.9 Å². The minimum Gasteiger partial charge on any atom is -0.493 e. The predicted molar refractivity (Wildman–Crippen MR) is 133 cm³/mol. The summed E-state index contributed by atoms with van der Waals surface area (Å²) in [5.74, 6) is 1.05. The van der Waals surface area contributed by atoms with Crippen LogP contribution >= 0.6 is 0 Å². The van der Waals surface area contributed by atoms with E-state index in [1.54, 1.807) is 38.2 Å². The van der Waals surface area contributed by atoms with E-state index in [9.17, 15) is 14.4 Å². The van der Waals surface area contributed by atoms with Crippen molar-refractivity contribution in [2.45, 2.75) is 32.7 Å². The van der Waals surface area contributed by atoms with Crippen molar-refractivity contribution in [1.29, 1.82) is 0 Å². The number of likely N-dealkylation sites (N-methyl/N-ethyl adjacent to an activating group) is 1. The standard InChI is InChI=1S/C26H36N4O6/c1-5-30-19(16-28-11-13-29(14-12-28)24(31)17-7-8-17)22(25(32)36-6-2)23(27-26(30)33)18-9-10-20(34-3)21(15-18)35-4/h9-10,15,17,23H,5-8,11-14,16H2,1-4H3,(H,27,33)/t23-/m1/s1. The third kappa shape index (κ3) is 5.28. The van der Waals surface area contributed by atoms with Gasteiger partial charge in [-0.1, -0.05) is 6.07 Å². The van der Waals surface area contributed by atoms with E-state index in [4.69, 9.17) is 14.2 Å². The molecule has 1 atom stereocenters. The molecule has 3 aliphatic rings. The Balaban J connectivity index is 1.66. The highest BCUT2D eigenvalue weighted by Crippen LogP contribution is 2.37. The highest BCUT2D eigenvalue weighted by atomic mass is 16.5. The number of carbonyl (C=O) groups is 3.